The fourth-order valence-corrected chi connectivity index (χ4v) is 1.76. The van der Waals surface area contributed by atoms with E-state index in [-0.39, 0.29) is 5.91 Å². The van der Waals surface area contributed by atoms with Gasteiger partial charge in [-0.3, -0.25) is 9.78 Å². The number of para-hydroxylation sites is 1. The second kappa shape index (κ2) is 6.06. The zero-order valence-corrected chi connectivity index (χ0v) is 11.6. The van der Waals surface area contributed by atoms with E-state index in [1.807, 2.05) is 6.92 Å². The van der Waals surface area contributed by atoms with Gasteiger partial charge in [0.2, 0.25) is 0 Å². The van der Waals surface area contributed by atoms with Crippen molar-refractivity contribution in [3.63, 3.8) is 0 Å². The topological polar surface area (TPSA) is 60.5 Å². The first kappa shape index (κ1) is 13.9. The Hall–Kier alpha value is -2.56. The number of methoxy groups -OCH3 is 2. The van der Waals surface area contributed by atoms with Crippen molar-refractivity contribution in [2.45, 2.75) is 6.92 Å². The smallest absolute Gasteiger partial charge is 0.257 e. The first-order chi connectivity index (χ1) is 9.65. The van der Waals surface area contributed by atoms with Gasteiger partial charge in [-0.25, -0.2) is 0 Å². The highest BCUT2D eigenvalue weighted by Gasteiger charge is 2.14. The number of nitrogens with one attached hydrogen (secondary N) is 1. The van der Waals surface area contributed by atoms with Crippen molar-refractivity contribution in [2.24, 2.45) is 0 Å². The van der Waals surface area contributed by atoms with Crippen LogP contribution in [0.2, 0.25) is 0 Å². The molecule has 1 N–H and O–H groups in total. The fourth-order valence-electron chi connectivity index (χ4n) is 1.76. The molecule has 0 radical (unpaired) electrons. The minimum atomic E-state index is -0.264. The lowest BCUT2D eigenvalue weighted by atomic mass is 10.2. The maximum absolute atomic E-state index is 12.2. The molecule has 2 aromatic rings. The summed E-state index contributed by atoms with van der Waals surface area (Å²) in [6.45, 7) is 1.87. The number of pyridine rings is 1. The molecule has 1 heterocycles. The average Bonchev–Trinajstić information content (AvgIpc) is 2.48. The minimum absolute atomic E-state index is 0.264. The molecule has 0 saturated carbocycles. The molecular weight excluding hydrogens is 256 g/mol. The second-order valence-electron chi connectivity index (χ2n) is 4.18. The Balaban J connectivity index is 2.29. The number of benzene rings is 1. The van der Waals surface area contributed by atoms with Gasteiger partial charge in [0.15, 0.2) is 0 Å². The van der Waals surface area contributed by atoms with Crippen LogP contribution in [-0.2, 0) is 0 Å². The van der Waals surface area contributed by atoms with Crippen LogP contribution in [0.25, 0.3) is 0 Å². The largest absolute Gasteiger partial charge is 0.494 e. The Morgan fingerprint density at radius 3 is 2.25 bits per heavy atom. The molecule has 0 fully saturated rings. The standard InChI is InChI=1S/C15H16N2O3/c1-10-7-8-11(9-16-10)15(18)17-14-12(19-2)5-4-6-13(14)20-3/h4-9H,1-3H3,(H,17,18). The van der Waals surface area contributed by atoms with Crippen LogP contribution in [0.3, 0.4) is 0 Å². The summed E-state index contributed by atoms with van der Waals surface area (Å²) >= 11 is 0. The number of nitrogens with zero attached hydrogens (tertiary/aromatic N) is 1. The number of rotatable bonds is 4. The number of carbonyl (C=O) groups is 1. The molecule has 20 heavy (non-hydrogen) atoms. The number of hydrogen-bond acceptors (Lipinski definition) is 4. The van der Waals surface area contributed by atoms with E-state index in [9.17, 15) is 4.79 Å². The number of anilines is 1. The van der Waals surface area contributed by atoms with Crippen LogP contribution in [0.5, 0.6) is 11.5 Å². The van der Waals surface area contributed by atoms with Crippen molar-refractivity contribution in [2.75, 3.05) is 19.5 Å². The maximum Gasteiger partial charge on any atom is 0.257 e. The quantitative estimate of drug-likeness (QED) is 0.929. The molecule has 5 heteroatoms. The predicted molar refractivity (Wildman–Crippen MR) is 76.5 cm³/mol. The van der Waals surface area contributed by atoms with Crippen molar-refractivity contribution in [3.05, 3.63) is 47.8 Å². The van der Waals surface area contributed by atoms with Gasteiger partial charge in [0.1, 0.15) is 17.2 Å². The van der Waals surface area contributed by atoms with Gasteiger partial charge < -0.3 is 14.8 Å². The first-order valence-electron chi connectivity index (χ1n) is 6.10. The van der Waals surface area contributed by atoms with E-state index in [2.05, 4.69) is 10.3 Å². The lowest BCUT2D eigenvalue weighted by Crippen LogP contribution is -2.13. The third kappa shape index (κ3) is 2.88. The van der Waals surface area contributed by atoms with E-state index in [1.165, 1.54) is 20.4 Å². The van der Waals surface area contributed by atoms with E-state index < -0.39 is 0 Å². The Labute approximate surface area is 117 Å². The monoisotopic (exact) mass is 272 g/mol. The minimum Gasteiger partial charge on any atom is -0.494 e. The molecule has 1 aromatic heterocycles. The molecule has 2 rings (SSSR count). The highest BCUT2D eigenvalue weighted by molar-refractivity contribution is 6.05. The maximum atomic E-state index is 12.2. The number of carbonyl (C=O) groups excluding carboxylic acids is 1. The molecule has 0 bridgehead atoms. The highest BCUT2D eigenvalue weighted by Crippen LogP contribution is 2.34. The van der Waals surface area contributed by atoms with Gasteiger partial charge in [0, 0.05) is 11.9 Å². The lowest BCUT2D eigenvalue weighted by Gasteiger charge is -2.13. The van der Waals surface area contributed by atoms with Gasteiger partial charge in [0.25, 0.3) is 5.91 Å². The molecule has 0 aliphatic rings. The normalized spacial score (nSPS) is 9.95. The summed E-state index contributed by atoms with van der Waals surface area (Å²) in [6, 6.07) is 8.81. The van der Waals surface area contributed by atoms with Crippen molar-refractivity contribution in [1.82, 2.24) is 4.98 Å². The molecule has 0 saturated heterocycles. The van der Waals surface area contributed by atoms with Crippen molar-refractivity contribution in [1.29, 1.82) is 0 Å². The molecule has 0 aliphatic carbocycles. The summed E-state index contributed by atoms with van der Waals surface area (Å²) in [5.74, 6) is 0.816. The second-order valence-corrected chi connectivity index (χ2v) is 4.18. The summed E-state index contributed by atoms with van der Waals surface area (Å²) < 4.78 is 10.5. The first-order valence-corrected chi connectivity index (χ1v) is 6.10. The molecular formula is C15H16N2O3. The molecule has 1 aromatic carbocycles. The molecule has 0 unspecified atom stereocenters. The van der Waals surface area contributed by atoms with E-state index in [4.69, 9.17) is 9.47 Å². The van der Waals surface area contributed by atoms with Crippen LogP contribution in [0.4, 0.5) is 5.69 Å². The van der Waals surface area contributed by atoms with Gasteiger partial charge in [0.05, 0.1) is 19.8 Å². The summed E-state index contributed by atoms with van der Waals surface area (Å²) in [5, 5.41) is 2.79. The van der Waals surface area contributed by atoms with E-state index in [1.54, 1.807) is 30.3 Å². The summed E-state index contributed by atoms with van der Waals surface area (Å²) in [5.41, 5.74) is 1.84. The Kier molecular flexibility index (Phi) is 4.20. The Morgan fingerprint density at radius 1 is 1.10 bits per heavy atom. The van der Waals surface area contributed by atoms with Crippen LogP contribution in [0.15, 0.2) is 36.5 Å². The van der Waals surface area contributed by atoms with Crippen LogP contribution < -0.4 is 14.8 Å². The molecule has 1 amide bonds. The number of amides is 1. The van der Waals surface area contributed by atoms with Crippen molar-refractivity contribution >= 4 is 11.6 Å². The lowest BCUT2D eigenvalue weighted by molar-refractivity contribution is 0.102. The van der Waals surface area contributed by atoms with Gasteiger partial charge in [-0.15, -0.1) is 0 Å². The summed E-state index contributed by atoms with van der Waals surface area (Å²) in [4.78, 5) is 16.3. The Morgan fingerprint density at radius 2 is 1.75 bits per heavy atom. The van der Waals surface area contributed by atoms with E-state index >= 15 is 0 Å². The summed E-state index contributed by atoms with van der Waals surface area (Å²) in [6.07, 6.45) is 1.53. The Bertz CT molecular complexity index is 587. The number of ether oxygens (including phenoxy) is 2. The third-order valence-corrected chi connectivity index (χ3v) is 2.84. The molecule has 5 nitrogen and oxygen atoms in total. The molecule has 0 spiro atoms. The van der Waals surface area contributed by atoms with Crippen molar-refractivity contribution < 1.29 is 14.3 Å². The SMILES string of the molecule is COc1cccc(OC)c1NC(=O)c1ccc(C)nc1. The van der Waals surface area contributed by atoms with E-state index in [0.717, 1.165) is 5.69 Å². The zero-order valence-electron chi connectivity index (χ0n) is 11.6. The van der Waals surface area contributed by atoms with Gasteiger partial charge in [-0.1, -0.05) is 6.07 Å². The highest BCUT2D eigenvalue weighted by atomic mass is 16.5. The third-order valence-electron chi connectivity index (χ3n) is 2.84. The number of aromatic nitrogens is 1. The zero-order chi connectivity index (χ0) is 14.5. The van der Waals surface area contributed by atoms with Gasteiger partial charge in [-0.05, 0) is 31.2 Å². The molecule has 0 atom stereocenters. The van der Waals surface area contributed by atoms with Gasteiger partial charge in [-0.2, -0.15) is 0 Å². The average molecular weight is 272 g/mol. The number of hydrogen-bond donors (Lipinski definition) is 1. The van der Waals surface area contributed by atoms with Crippen LogP contribution in [0, 0.1) is 6.92 Å². The van der Waals surface area contributed by atoms with Gasteiger partial charge >= 0.3 is 0 Å². The molecule has 0 aliphatic heterocycles. The predicted octanol–water partition coefficient (Wildman–Crippen LogP) is 2.66. The van der Waals surface area contributed by atoms with Crippen molar-refractivity contribution in [3.8, 4) is 11.5 Å². The fraction of sp³-hybridized carbons (Fsp3) is 0.200. The number of aryl methyl sites for hydroxylation is 1. The van der Waals surface area contributed by atoms with E-state index in [0.29, 0.717) is 22.7 Å². The van der Waals surface area contributed by atoms with Crippen LogP contribution in [0.1, 0.15) is 16.1 Å². The van der Waals surface area contributed by atoms with Crippen LogP contribution in [-0.4, -0.2) is 25.1 Å². The summed E-state index contributed by atoms with van der Waals surface area (Å²) in [7, 11) is 3.08. The molecule has 104 valence electrons. The van der Waals surface area contributed by atoms with Crippen LogP contribution >= 0.6 is 0 Å².